The van der Waals surface area contributed by atoms with Crippen molar-refractivity contribution in [1.82, 2.24) is 15.5 Å². The Morgan fingerprint density at radius 1 is 1.30 bits per heavy atom. The van der Waals surface area contributed by atoms with Crippen molar-refractivity contribution < 1.29 is 4.74 Å². The summed E-state index contributed by atoms with van der Waals surface area (Å²) in [6.45, 7) is 17.5. The van der Waals surface area contributed by atoms with Gasteiger partial charge in [-0.3, -0.25) is 9.89 Å². The zero-order valence-electron chi connectivity index (χ0n) is 13.8. The summed E-state index contributed by atoms with van der Waals surface area (Å²) in [7, 11) is 0. The molecule has 20 heavy (non-hydrogen) atoms. The van der Waals surface area contributed by atoms with E-state index in [4.69, 9.17) is 9.73 Å². The van der Waals surface area contributed by atoms with Gasteiger partial charge in [0.25, 0.3) is 0 Å². The quantitative estimate of drug-likeness (QED) is 0.590. The molecule has 1 heterocycles. The predicted octanol–water partition coefficient (Wildman–Crippen LogP) is 1.31. The fourth-order valence-corrected chi connectivity index (χ4v) is 2.19. The summed E-state index contributed by atoms with van der Waals surface area (Å²) in [4.78, 5) is 7.17. The Morgan fingerprint density at radius 2 is 1.95 bits per heavy atom. The summed E-state index contributed by atoms with van der Waals surface area (Å²) in [6.07, 6.45) is 0. The van der Waals surface area contributed by atoms with Crippen molar-refractivity contribution in [2.75, 3.05) is 45.9 Å². The third kappa shape index (κ3) is 7.70. The standard InChI is InChI=1S/C15H32N4O/c1-6-16-14(18-15(3,4)5)17-11-13(2)12-19-7-9-20-10-8-19/h13H,6-12H2,1-5H3,(H2,16,17,18). The molecule has 0 amide bonds. The predicted molar refractivity (Wildman–Crippen MR) is 85.3 cm³/mol. The lowest BCUT2D eigenvalue weighted by Gasteiger charge is -2.29. The zero-order valence-corrected chi connectivity index (χ0v) is 13.8. The smallest absolute Gasteiger partial charge is 0.191 e. The first kappa shape index (κ1) is 17.2. The minimum atomic E-state index is 0.0362. The summed E-state index contributed by atoms with van der Waals surface area (Å²) in [5.41, 5.74) is 0.0362. The van der Waals surface area contributed by atoms with Gasteiger partial charge in [0.1, 0.15) is 0 Å². The van der Waals surface area contributed by atoms with Crippen LogP contribution in [0.5, 0.6) is 0 Å². The van der Waals surface area contributed by atoms with Crippen molar-refractivity contribution in [1.29, 1.82) is 0 Å². The molecule has 5 nitrogen and oxygen atoms in total. The van der Waals surface area contributed by atoms with Gasteiger partial charge >= 0.3 is 0 Å². The average molecular weight is 284 g/mol. The molecule has 0 aromatic carbocycles. The normalized spacial score (nSPS) is 19.8. The zero-order chi connectivity index (χ0) is 15.0. The first-order valence-electron chi connectivity index (χ1n) is 7.77. The minimum Gasteiger partial charge on any atom is -0.379 e. The highest BCUT2D eigenvalue weighted by atomic mass is 16.5. The molecule has 1 aliphatic heterocycles. The van der Waals surface area contributed by atoms with E-state index in [1.807, 2.05) is 0 Å². The van der Waals surface area contributed by atoms with Gasteiger partial charge in [-0.15, -0.1) is 0 Å². The second-order valence-corrected chi connectivity index (χ2v) is 6.61. The van der Waals surface area contributed by atoms with Gasteiger partial charge in [0.05, 0.1) is 13.2 Å². The van der Waals surface area contributed by atoms with Gasteiger partial charge in [0.2, 0.25) is 0 Å². The Balaban J connectivity index is 2.40. The van der Waals surface area contributed by atoms with Crippen molar-refractivity contribution in [3.63, 3.8) is 0 Å². The molecule has 1 aliphatic rings. The van der Waals surface area contributed by atoms with Crippen LogP contribution in [0.15, 0.2) is 4.99 Å². The maximum absolute atomic E-state index is 5.38. The van der Waals surface area contributed by atoms with Crippen LogP contribution in [0.4, 0.5) is 0 Å². The van der Waals surface area contributed by atoms with Crippen LogP contribution >= 0.6 is 0 Å². The molecule has 118 valence electrons. The van der Waals surface area contributed by atoms with Gasteiger partial charge in [-0.2, -0.15) is 0 Å². The Kier molecular flexibility index (Phi) is 7.30. The van der Waals surface area contributed by atoms with E-state index in [0.717, 1.165) is 51.9 Å². The third-order valence-electron chi connectivity index (χ3n) is 3.07. The van der Waals surface area contributed by atoms with Gasteiger partial charge in [-0.05, 0) is 33.6 Å². The lowest BCUT2D eigenvalue weighted by molar-refractivity contribution is 0.0323. The monoisotopic (exact) mass is 284 g/mol. The molecule has 1 unspecified atom stereocenters. The maximum Gasteiger partial charge on any atom is 0.191 e. The van der Waals surface area contributed by atoms with E-state index in [9.17, 15) is 0 Å². The van der Waals surface area contributed by atoms with E-state index < -0.39 is 0 Å². The van der Waals surface area contributed by atoms with Gasteiger partial charge < -0.3 is 15.4 Å². The number of nitrogens with one attached hydrogen (secondary N) is 2. The van der Waals surface area contributed by atoms with E-state index in [0.29, 0.717) is 5.92 Å². The summed E-state index contributed by atoms with van der Waals surface area (Å²) < 4.78 is 5.38. The highest BCUT2D eigenvalue weighted by Crippen LogP contribution is 2.04. The van der Waals surface area contributed by atoms with E-state index in [1.54, 1.807) is 0 Å². The largest absolute Gasteiger partial charge is 0.379 e. The topological polar surface area (TPSA) is 48.9 Å². The number of morpholine rings is 1. The fraction of sp³-hybridized carbons (Fsp3) is 0.933. The first-order chi connectivity index (χ1) is 9.40. The third-order valence-corrected chi connectivity index (χ3v) is 3.07. The van der Waals surface area contributed by atoms with Crippen LogP contribution in [0.3, 0.4) is 0 Å². The van der Waals surface area contributed by atoms with Crippen LogP contribution in [0.25, 0.3) is 0 Å². The van der Waals surface area contributed by atoms with Crippen LogP contribution in [-0.2, 0) is 4.74 Å². The summed E-state index contributed by atoms with van der Waals surface area (Å²) >= 11 is 0. The Morgan fingerprint density at radius 3 is 2.50 bits per heavy atom. The lowest BCUT2D eigenvalue weighted by atomic mass is 10.1. The average Bonchev–Trinajstić information content (AvgIpc) is 2.36. The second-order valence-electron chi connectivity index (χ2n) is 6.61. The highest BCUT2D eigenvalue weighted by molar-refractivity contribution is 5.80. The van der Waals surface area contributed by atoms with Crippen LogP contribution < -0.4 is 10.6 Å². The van der Waals surface area contributed by atoms with Crippen LogP contribution in [0.1, 0.15) is 34.6 Å². The number of hydrogen-bond donors (Lipinski definition) is 2. The van der Waals surface area contributed by atoms with Gasteiger partial charge in [-0.25, -0.2) is 0 Å². The van der Waals surface area contributed by atoms with E-state index in [1.165, 1.54) is 0 Å². The second kappa shape index (κ2) is 8.47. The minimum absolute atomic E-state index is 0.0362. The molecule has 1 rings (SSSR count). The van der Waals surface area contributed by atoms with E-state index in [2.05, 4.69) is 50.2 Å². The van der Waals surface area contributed by atoms with Crippen LogP contribution in [0, 0.1) is 5.92 Å². The first-order valence-corrected chi connectivity index (χ1v) is 7.77. The molecule has 0 aliphatic carbocycles. The molecule has 1 saturated heterocycles. The molecule has 0 aromatic heterocycles. The summed E-state index contributed by atoms with van der Waals surface area (Å²) in [6, 6.07) is 0. The molecule has 0 spiro atoms. The Labute approximate surface area is 124 Å². The molecular weight excluding hydrogens is 252 g/mol. The summed E-state index contributed by atoms with van der Waals surface area (Å²) in [5, 5.41) is 6.72. The van der Waals surface area contributed by atoms with Crippen molar-refractivity contribution in [2.45, 2.75) is 40.2 Å². The molecule has 5 heteroatoms. The van der Waals surface area contributed by atoms with E-state index in [-0.39, 0.29) is 5.54 Å². The van der Waals surface area contributed by atoms with Crippen molar-refractivity contribution in [3.05, 3.63) is 0 Å². The van der Waals surface area contributed by atoms with Gasteiger partial charge in [0.15, 0.2) is 5.96 Å². The van der Waals surface area contributed by atoms with Crippen molar-refractivity contribution in [3.8, 4) is 0 Å². The molecule has 1 atom stereocenters. The van der Waals surface area contributed by atoms with Crippen molar-refractivity contribution in [2.24, 2.45) is 10.9 Å². The molecule has 1 fully saturated rings. The maximum atomic E-state index is 5.38. The number of aliphatic imine (C=N–C) groups is 1. The number of rotatable bonds is 5. The molecule has 0 radical (unpaired) electrons. The van der Waals surface area contributed by atoms with E-state index >= 15 is 0 Å². The van der Waals surface area contributed by atoms with Crippen LogP contribution in [-0.4, -0.2) is 62.3 Å². The molecular formula is C15H32N4O. The van der Waals surface area contributed by atoms with Gasteiger partial charge in [0, 0.05) is 38.3 Å². The van der Waals surface area contributed by atoms with Crippen LogP contribution in [0.2, 0.25) is 0 Å². The lowest BCUT2D eigenvalue weighted by Crippen LogP contribution is -2.48. The SMILES string of the molecule is CCNC(=NCC(C)CN1CCOCC1)NC(C)(C)C. The highest BCUT2D eigenvalue weighted by Gasteiger charge is 2.15. The molecule has 2 N–H and O–H groups in total. The summed E-state index contributed by atoms with van der Waals surface area (Å²) in [5.74, 6) is 1.47. The Hall–Kier alpha value is -0.810. The van der Waals surface area contributed by atoms with Crippen molar-refractivity contribution >= 4 is 5.96 Å². The number of ether oxygens (including phenoxy) is 1. The molecule has 0 aromatic rings. The number of guanidine groups is 1. The number of nitrogens with zero attached hydrogens (tertiary/aromatic N) is 2. The fourth-order valence-electron chi connectivity index (χ4n) is 2.19. The molecule has 0 bridgehead atoms. The van der Waals surface area contributed by atoms with Gasteiger partial charge in [-0.1, -0.05) is 6.92 Å². The number of hydrogen-bond acceptors (Lipinski definition) is 3. The Bertz CT molecular complexity index is 293. The molecule has 0 saturated carbocycles.